The van der Waals surface area contributed by atoms with Crippen LogP contribution in [-0.2, 0) is 4.74 Å². The van der Waals surface area contributed by atoms with Crippen molar-refractivity contribution in [1.29, 1.82) is 0 Å². The van der Waals surface area contributed by atoms with Crippen molar-refractivity contribution in [3.8, 4) is 0 Å². The molecule has 0 bridgehead atoms. The summed E-state index contributed by atoms with van der Waals surface area (Å²) in [5.41, 5.74) is 9.27. The van der Waals surface area contributed by atoms with Gasteiger partial charge in [0.1, 0.15) is 0 Å². The molecule has 4 aliphatic rings. The minimum absolute atomic E-state index is 0.200. The Bertz CT molecular complexity index is 655. The highest BCUT2D eigenvalue weighted by atomic mass is 16.5. The molecule has 2 heteroatoms. The van der Waals surface area contributed by atoms with Crippen LogP contribution in [-0.4, -0.2) is 18.8 Å². The van der Waals surface area contributed by atoms with Crippen LogP contribution in [0, 0.1) is 46.3 Å². The molecule has 0 spiro atoms. The summed E-state index contributed by atoms with van der Waals surface area (Å²) in [6.07, 6.45) is 16.5. The van der Waals surface area contributed by atoms with Crippen LogP contribution in [0.3, 0.4) is 0 Å². The van der Waals surface area contributed by atoms with Crippen LogP contribution in [0.4, 0.5) is 0 Å². The van der Waals surface area contributed by atoms with Gasteiger partial charge in [0.15, 0.2) is 0 Å². The number of rotatable bonds is 7. The van der Waals surface area contributed by atoms with Crippen LogP contribution in [0.1, 0.15) is 106 Å². The number of hydrogen-bond acceptors (Lipinski definition) is 2. The average molecular weight is 430 g/mol. The maximum Gasteiger partial charge on any atom is 0.0763 e. The molecule has 4 rings (SSSR count). The third-order valence-electron chi connectivity index (χ3n) is 10.8. The zero-order chi connectivity index (χ0) is 22.4. The molecular weight excluding hydrogens is 378 g/mol. The Labute approximate surface area is 193 Å². The highest BCUT2D eigenvalue weighted by Crippen LogP contribution is 2.67. The van der Waals surface area contributed by atoms with Crippen molar-refractivity contribution >= 4 is 0 Å². The Balaban J connectivity index is 1.49. The van der Waals surface area contributed by atoms with E-state index in [2.05, 4.69) is 47.6 Å². The van der Waals surface area contributed by atoms with E-state index in [9.17, 15) is 0 Å². The molecule has 31 heavy (non-hydrogen) atoms. The molecule has 0 aromatic heterocycles. The summed E-state index contributed by atoms with van der Waals surface area (Å²) in [6, 6.07) is 0.200. The van der Waals surface area contributed by atoms with E-state index in [1.165, 1.54) is 51.4 Å². The first-order valence-corrected chi connectivity index (χ1v) is 13.8. The first kappa shape index (κ1) is 23.8. The highest BCUT2D eigenvalue weighted by molar-refractivity contribution is 5.27. The van der Waals surface area contributed by atoms with Gasteiger partial charge in [-0.25, -0.2) is 0 Å². The van der Waals surface area contributed by atoms with E-state index < -0.39 is 0 Å². The normalized spacial score (nSPS) is 45.6. The lowest BCUT2D eigenvalue weighted by atomic mass is 9.46. The third kappa shape index (κ3) is 4.18. The van der Waals surface area contributed by atoms with Gasteiger partial charge in [0.25, 0.3) is 0 Å². The van der Waals surface area contributed by atoms with Crippen LogP contribution in [0.15, 0.2) is 11.6 Å². The molecule has 2 nitrogen and oxygen atoms in total. The van der Waals surface area contributed by atoms with E-state index >= 15 is 0 Å². The number of hydrogen-bond donors (Lipinski definition) is 1. The van der Waals surface area contributed by atoms with Crippen LogP contribution < -0.4 is 5.73 Å². The Hall–Kier alpha value is -0.340. The molecule has 2 N–H and O–H groups in total. The third-order valence-corrected chi connectivity index (χ3v) is 10.8. The first-order chi connectivity index (χ1) is 14.7. The molecule has 0 aromatic rings. The summed E-state index contributed by atoms with van der Waals surface area (Å²) < 4.78 is 6.03. The highest BCUT2D eigenvalue weighted by Gasteiger charge is 2.59. The van der Waals surface area contributed by atoms with Crippen molar-refractivity contribution in [2.24, 2.45) is 52.1 Å². The van der Waals surface area contributed by atoms with Gasteiger partial charge in [-0.1, -0.05) is 65.5 Å². The predicted molar refractivity (Wildman–Crippen MR) is 132 cm³/mol. The quantitative estimate of drug-likeness (QED) is 0.429. The van der Waals surface area contributed by atoms with E-state index in [1.807, 2.05) is 0 Å². The smallest absolute Gasteiger partial charge is 0.0763 e. The molecule has 0 radical (unpaired) electrons. The second-order valence-corrected chi connectivity index (χ2v) is 12.9. The van der Waals surface area contributed by atoms with E-state index in [-0.39, 0.29) is 12.1 Å². The van der Waals surface area contributed by atoms with Gasteiger partial charge >= 0.3 is 0 Å². The van der Waals surface area contributed by atoms with Crippen molar-refractivity contribution in [3.05, 3.63) is 11.6 Å². The van der Waals surface area contributed by atoms with Crippen molar-refractivity contribution in [1.82, 2.24) is 0 Å². The fraction of sp³-hybridized carbons (Fsp3) is 0.931. The van der Waals surface area contributed by atoms with E-state index in [1.54, 1.807) is 5.57 Å². The summed E-state index contributed by atoms with van der Waals surface area (Å²) in [5.74, 6) is 5.35. The molecular formula is C29H51NO. The Morgan fingerprint density at radius 3 is 2.58 bits per heavy atom. The van der Waals surface area contributed by atoms with Crippen molar-refractivity contribution in [2.75, 3.05) is 6.61 Å². The number of ether oxygens (including phenoxy) is 1. The zero-order valence-electron chi connectivity index (χ0n) is 21.5. The summed E-state index contributed by atoms with van der Waals surface area (Å²) in [5, 5.41) is 0. The Morgan fingerprint density at radius 2 is 1.87 bits per heavy atom. The lowest BCUT2D eigenvalue weighted by Crippen LogP contribution is -2.55. The predicted octanol–water partition coefficient (Wildman–Crippen LogP) is 7.37. The van der Waals surface area contributed by atoms with Gasteiger partial charge in [-0.05, 0) is 98.2 Å². The van der Waals surface area contributed by atoms with Gasteiger partial charge in [-0.15, -0.1) is 0 Å². The summed E-state index contributed by atoms with van der Waals surface area (Å²) in [6.45, 7) is 15.5. The molecule has 3 saturated carbocycles. The molecule has 0 saturated heterocycles. The minimum atomic E-state index is 0.200. The molecule has 178 valence electrons. The molecule has 0 aromatic carbocycles. The zero-order valence-corrected chi connectivity index (χ0v) is 21.5. The number of fused-ring (bicyclic) bond motifs is 5. The first-order valence-electron chi connectivity index (χ1n) is 13.8. The monoisotopic (exact) mass is 429 g/mol. The Morgan fingerprint density at radius 1 is 1.10 bits per heavy atom. The van der Waals surface area contributed by atoms with E-state index in [0.717, 1.165) is 55.0 Å². The van der Waals surface area contributed by atoms with Crippen molar-refractivity contribution in [2.45, 2.75) is 118 Å². The largest absolute Gasteiger partial charge is 0.377 e. The van der Waals surface area contributed by atoms with Gasteiger partial charge in [0.05, 0.1) is 6.10 Å². The minimum Gasteiger partial charge on any atom is -0.377 e. The van der Waals surface area contributed by atoms with Crippen LogP contribution in [0.5, 0.6) is 0 Å². The lowest BCUT2D eigenvalue weighted by Gasteiger charge is -2.59. The van der Waals surface area contributed by atoms with Gasteiger partial charge in [-0.3, -0.25) is 0 Å². The summed E-state index contributed by atoms with van der Waals surface area (Å²) in [7, 11) is 0. The van der Waals surface area contributed by atoms with Crippen LogP contribution in [0.25, 0.3) is 0 Å². The molecule has 1 unspecified atom stereocenters. The second kappa shape index (κ2) is 9.13. The lowest BCUT2D eigenvalue weighted by molar-refractivity contribution is -0.0677. The Kier molecular flexibility index (Phi) is 7.01. The molecule has 3 fully saturated rings. The molecule has 4 aliphatic carbocycles. The number of nitrogens with two attached hydrogens (primary N) is 1. The van der Waals surface area contributed by atoms with Crippen molar-refractivity contribution < 1.29 is 4.74 Å². The molecule has 0 aliphatic heterocycles. The molecule has 9 atom stereocenters. The fourth-order valence-electron chi connectivity index (χ4n) is 9.17. The topological polar surface area (TPSA) is 35.2 Å². The van der Waals surface area contributed by atoms with E-state index in [4.69, 9.17) is 10.5 Å². The van der Waals surface area contributed by atoms with Gasteiger partial charge in [0, 0.05) is 12.6 Å². The maximum atomic E-state index is 6.69. The van der Waals surface area contributed by atoms with E-state index in [0.29, 0.717) is 10.8 Å². The summed E-state index contributed by atoms with van der Waals surface area (Å²) in [4.78, 5) is 0. The fourth-order valence-corrected chi connectivity index (χ4v) is 9.17. The SMILES string of the molecule is CCO[C@@H]1CC2=CC[C@H]3[C@@H]4CC[C@H]([C@H](C)CCCC(C)C)[C@@]4(C)CC[C@@H]3[C@@]2(C)CC1N. The molecule has 0 amide bonds. The van der Waals surface area contributed by atoms with Gasteiger partial charge in [0.2, 0.25) is 0 Å². The second-order valence-electron chi connectivity index (χ2n) is 12.9. The van der Waals surface area contributed by atoms with Gasteiger partial charge < -0.3 is 10.5 Å². The van der Waals surface area contributed by atoms with Crippen LogP contribution >= 0.6 is 0 Å². The molecule has 0 heterocycles. The average Bonchev–Trinajstić information content (AvgIpc) is 3.06. The van der Waals surface area contributed by atoms with Crippen molar-refractivity contribution in [3.63, 3.8) is 0 Å². The van der Waals surface area contributed by atoms with Crippen LogP contribution in [0.2, 0.25) is 0 Å². The number of allylic oxidation sites excluding steroid dienone is 1. The maximum absolute atomic E-state index is 6.69. The standard InChI is InChI=1S/C29H51NO/c1-7-31-27-17-21-11-12-22-24-14-13-23(20(4)10-8-9-19(2)3)28(24,5)16-15-25(22)29(21,6)18-26(27)30/h11,19-20,22-27H,7-10,12-18,30H2,1-6H3/t20-,22+,23-,24+,25+,26?,27-,28-,29+/m1/s1. The summed E-state index contributed by atoms with van der Waals surface area (Å²) >= 11 is 0. The van der Waals surface area contributed by atoms with Gasteiger partial charge in [-0.2, -0.15) is 0 Å².